The molecule has 0 unspecified atom stereocenters. The van der Waals surface area contributed by atoms with E-state index >= 15 is 0 Å². The summed E-state index contributed by atoms with van der Waals surface area (Å²) >= 11 is 0. The highest BCUT2D eigenvalue weighted by Gasteiger charge is 2.28. The third-order valence-electron chi connectivity index (χ3n) is 2.03. The van der Waals surface area contributed by atoms with Gasteiger partial charge in [0.25, 0.3) is 0 Å². The summed E-state index contributed by atoms with van der Waals surface area (Å²) in [4.78, 5) is 10.8. The van der Waals surface area contributed by atoms with Gasteiger partial charge in [-0.05, 0) is 13.8 Å². The Balaban J connectivity index is 2.19. The lowest BCUT2D eigenvalue weighted by atomic mass is 10.2. The van der Waals surface area contributed by atoms with Crippen LogP contribution in [0.1, 0.15) is 13.8 Å². The summed E-state index contributed by atoms with van der Waals surface area (Å²) in [6.45, 7) is 5.01. The molecule has 14 heavy (non-hydrogen) atoms. The van der Waals surface area contributed by atoms with Crippen molar-refractivity contribution in [2.75, 3.05) is 26.9 Å². The smallest absolute Gasteiger partial charge is 0.319 e. The lowest BCUT2D eigenvalue weighted by Crippen LogP contribution is -2.49. The molecule has 0 aromatic heterocycles. The lowest BCUT2D eigenvalue weighted by molar-refractivity contribution is -0.252. The highest BCUT2D eigenvalue weighted by atomic mass is 16.7. The molecule has 0 aromatic rings. The summed E-state index contributed by atoms with van der Waals surface area (Å²) in [6, 6.07) is 0.0575. The molecule has 0 bridgehead atoms. The van der Waals surface area contributed by atoms with Crippen LogP contribution in [0.4, 0.5) is 0 Å². The molecule has 1 saturated heterocycles. The largest absolute Gasteiger partial charge is 0.468 e. The topological polar surface area (TPSA) is 56.8 Å². The van der Waals surface area contributed by atoms with Crippen molar-refractivity contribution in [3.63, 3.8) is 0 Å². The molecule has 0 amide bonds. The Hall–Kier alpha value is -0.650. The van der Waals surface area contributed by atoms with Gasteiger partial charge in [-0.15, -0.1) is 0 Å². The Bertz CT molecular complexity index is 195. The molecule has 1 N–H and O–H groups in total. The zero-order chi connectivity index (χ0) is 10.6. The van der Waals surface area contributed by atoms with Gasteiger partial charge in [0.05, 0.1) is 32.9 Å². The summed E-state index contributed by atoms with van der Waals surface area (Å²) in [5, 5.41) is 2.99. The van der Waals surface area contributed by atoms with E-state index in [9.17, 15) is 4.79 Å². The van der Waals surface area contributed by atoms with Crippen molar-refractivity contribution in [1.29, 1.82) is 0 Å². The molecule has 1 heterocycles. The van der Waals surface area contributed by atoms with Crippen molar-refractivity contribution >= 4 is 5.97 Å². The maximum absolute atomic E-state index is 10.8. The molecule has 5 nitrogen and oxygen atoms in total. The van der Waals surface area contributed by atoms with Gasteiger partial charge >= 0.3 is 5.97 Å². The van der Waals surface area contributed by atoms with Gasteiger partial charge in [0.15, 0.2) is 5.79 Å². The minimum absolute atomic E-state index is 0.0575. The van der Waals surface area contributed by atoms with Crippen molar-refractivity contribution in [2.45, 2.75) is 25.7 Å². The maximum atomic E-state index is 10.8. The molecular weight excluding hydrogens is 186 g/mol. The van der Waals surface area contributed by atoms with Crippen LogP contribution in [0.15, 0.2) is 0 Å². The van der Waals surface area contributed by atoms with Gasteiger partial charge in [-0.2, -0.15) is 0 Å². The number of nitrogens with one attached hydrogen (secondary N) is 1. The van der Waals surface area contributed by atoms with Crippen LogP contribution in [0.2, 0.25) is 0 Å². The standard InChI is InChI=1S/C9H17NO4/c1-9(2)13-5-7(6-14-9)10-4-8(11)12-3/h7,10H,4-6H2,1-3H3. The van der Waals surface area contributed by atoms with E-state index in [0.29, 0.717) is 13.2 Å². The summed E-state index contributed by atoms with van der Waals surface area (Å²) in [6.07, 6.45) is 0. The highest BCUT2D eigenvalue weighted by molar-refractivity contribution is 5.71. The fraction of sp³-hybridized carbons (Fsp3) is 0.889. The van der Waals surface area contributed by atoms with Crippen molar-refractivity contribution in [3.05, 3.63) is 0 Å². The Morgan fingerprint density at radius 1 is 1.50 bits per heavy atom. The van der Waals surface area contributed by atoms with Gasteiger partial charge < -0.3 is 14.2 Å². The number of carbonyl (C=O) groups is 1. The maximum Gasteiger partial charge on any atom is 0.319 e. The fourth-order valence-electron chi connectivity index (χ4n) is 1.11. The molecule has 1 aliphatic heterocycles. The Morgan fingerprint density at radius 2 is 2.07 bits per heavy atom. The first kappa shape index (κ1) is 11.4. The average molecular weight is 203 g/mol. The molecule has 0 radical (unpaired) electrons. The fourth-order valence-corrected chi connectivity index (χ4v) is 1.11. The number of rotatable bonds is 3. The second-order valence-corrected chi connectivity index (χ2v) is 3.68. The van der Waals surface area contributed by atoms with Crippen LogP contribution in [-0.2, 0) is 19.0 Å². The second kappa shape index (κ2) is 4.72. The summed E-state index contributed by atoms with van der Waals surface area (Å²) in [5.74, 6) is -0.793. The van der Waals surface area contributed by atoms with Crippen molar-refractivity contribution < 1.29 is 19.0 Å². The van der Waals surface area contributed by atoms with Gasteiger partial charge in [-0.1, -0.05) is 0 Å². The van der Waals surface area contributed by atoms with Crippen LogP contribution in [0.3, 0.4) is 0 Å². The summed E-state index contributed by atoms with van der Waals surface area (Å²) in [7, 11) is 1.36. The molecule has 0 aliphatic carbocycles. The second-order valence-electron chi connectivity index (χ2n) is 3.68. The number of ether oxygens (including phenoxy) is 3. The van der Waals surface area contributed by atoms with Crippen molar-refractivity contribution in [3.8, 4) is 0 Å². The van der Waals surface area contributed by atoms with Crippen LogP contribution in [-0.4, -0.2) is 44.7 Å². The van der Waals surface area contributed by atoms with E-state index in [-0.39, 0.29) is 18.6 Å². The molecule has 0 saturated carbocycles. The number of esters is 1. The molecule has 1 aliphatic rings. The first-order valence-electron chi connectivity index (χ1n) is 4.61. The molecule has 82 valence electrons. The van der Waals surface area contributed by atoms with E-state index in [1.54, 1.807) is 0 Å². The zero-order valence-electron chi connectivity index (χ0n) is 8.83. The van der Waals surface area contributed by atoms with Crippen LogP contribution >= 0.6 is 0 Å². The van der Waals surface area contributed by atoms with Gasteiger partial charge in [-0.25, -0.2) is 0 Å². The molecule has 5 heteroatoms. The number of methoxy groups -OCH3 is 1. The first-order valence-corrected chi connectivity index (χ1v) is 4.61. The monoisotopic (exact) mass is 203 g/mol. The van der Waals surface area contributed by atoms with Crippen LogP contribution in [0.25, 0.3) is 0 Å². The van der Waals surface area contributed by atoms with Crippen LogP contribution < -0.4 is 5.32 Å². The SMILES string of the molecule is COC(=O)CNC1COC(C)(C)OC1. The van der Waals surface area contributed by atoms with Gasteiger partial charge in [0.1, 0.15) is 0 Å². The molecule has 1 fully saturated rings. The third kappa shape index (κ3) is 3.61. The van der Waals surface area contributed by atoms with Gasteiger partial charge in [0, 0.05) is 0 Å². The summed E-state index contributed by atoms with van der Waals surface area (Å²) in [5.41, 5.74) is 0. The van der Waals surface area contributed by atoms with E-state index in [1.807, 2.05) is 13.8 Å². The van der Waals surface area contributed by atoms with E-state index in [0.717, 1.165) is 0 Å². The van der Waals surface area contributed by atoms with E-state index < -0.39 is 5.79 Å². The van der Waals surface area contributed by atoms with E-state index in [1.165, 1.54) is 7.11 Å². The molecule has 1 rings (SSSR count). The highest BCUT2D eigenvalue weighted by Crippen LogP contribution is 2.16. The Kier molecular flexibility index (Phi) is 3.86. The quantitative estimate of drug-likeness (QED) is 0.649. The number of hydrogen-bond donors (Lipinski definition) is 1. The predicted octanol–water partition coefficient (Wildman–Crippen LogP) is -0.0995. The summed E-state index contributed by atoms with van der Waals surface area (Å²) < 4.78 is 15.3. The Labute approximate surface area is 83.7 Å². The van der Waals surface area contributed by atoms with Crippen LogP contribution in [0, 0.1) is 0 Å². The molecule has 0 spiro atoms. The van der Waals surface area contributed by atoms with Crippen molar-refractivity contribution in [2.24, 2.45) is 0 Å². The molecule has 0 aromatic carbocycles. The average Bonchev–Trinajstić information content (AvgIpc) is 2.16. The predicted molar refractivity (Wildman–Crippen MR) is 49.8 cm³/mol. The number of hydrogen-bond acceptors (Lipinski definition) is 5. The lowest BCUT2D eigenvalue weighted by Gasteiger charge is -2.35. The van der Waals surface area contributed by atoms with E-state index in [2.05, 4.69) is 10.1 Å². The Morgan fingerprint density at radius 3 is 2.57 bits per heavy atom. The van der Waals surface area contributed by atoms with Gasteiger partial charge in [0.2, 0.25) is 0 Å². The normalized spacial score (nSPS) is 21.9. The first-order chi connectivity index (χ1) is 6.53. The van der Waals surface area contributed by atoms with E-state index in [4.69, 9.17) is 9.47 Å². The number of carbonyl (C=O) groups excluding carboxylic acids is 1. The zero-order valence-corrected chi connectivity index (χ0v) is 8.83. The minimum Gasteiger partial charge on any atom is -0.468 e. The molecular formula is C9H17NO4. The van der Waals surface area contributed by atoms with Crippen molar-refractivity contribution in [1.82, 2.24) is 5.32 Å². The molecule has 0 atom stereocenters. The van der Waals surface area contributed by atoms with Gasteiger partial charge in [-0.3, -0.25) is 10.1 Å². The minimum atomic E-state index is -0.510. The third-order valence-corrected chi connectivity index (χ3v) is 2.03. The van der Waals surface area contributed by atoms with Crippen LogP contribution in [0.5, 0.6) is 0 Å².